The number of carboxylic acid groups (broad SMARTS) is 1. The topological polar surface area (TPSA) is 478 Å². The van der Waals surface area contributed by atoms with E-state index in [2.05, 4.69) is 53.6 Å². The minimum absolute atomic E-state index is 0. The van der Waals surface area contributed by atoms with Crippen molar-refractivity contribution in [3.63, 3.8) is 0 Å². The van der Waals surface area contributed by atoms with Gasteiger partial charge in [-0.15, -0.1) is 0 Å². The molecule has 0 aliphatic carbocycles. The van der Waals surface area contributed by atoms with Crippen LogP contribution in [0.5, 0.6) is 0 Å². The molecule has 40 heteroatoms. The van der Waals surface area contributed by atoms with E-state index < -0.39 is 90.3 Å². The SMILES string of the molecule is C.C1CCOC1.C1CCOC1.CC(C)(C)OC(=O)N1C[C@@H](CO)[C@H](CO)C1.CC(C)(C)OC(=O)N1C[C@@H](CO)[C@H](CO[Si](C)(C)C(C)(C)C)C1.CC(C)(C)OC(=O)N1C[C@H](CO)[C@@H](CO)C1.CCOC(=O)/C=C/C(=O)OCC.CCOC(=O)[C@@H]1CN(C(=O)OC(C)(C)C)C[C@H]1C(=O)OCC.CCOC(=O)[C@@H]1CN(Cc2ccccc2)C[C@H]1C(=O)OCC.CO.O=C(O)CNCc1ccccc1.[B].[H-].[Li+]. The summed E-state index contributed by atoms with van der Waals surface area (Å²) in [6.45, 7) is 55.0. The molecule has 2 aromatic carbocycles. The number of hydrogen-bond donors (Lipinski definition) is 8. The number of likely N-dealkylation sites (tertiary alicyclic amines) is 5. The van der Waals surface area contributed by atoms with E-state index in [9.17, 15) is 57.8 Å². The monoisotopic (exact) mass is 1980 g/mol. The second-order valence-electron chi connectivity index (χ2n) is 38.2. The Morgan fingerprint density at radius 1 is 0.406 bits per heavy atom. The van der Waals surface area contributed by atoms with Gasteiger partial charge in [-0.1, -0.05) is 88.9 Å². The van der Waals surface area contributed by atoms with Crippen LogP contribution in [0.4, 0.5) is 19.2 Å². The maximum absolute atomic E-state index is 12.2. The summed E-state index contributed by atoms with van der Waals surface area (Å²) < 4.78 is 66.6. The van der Waals surface area contributed by atoms with Crippen molar-refractivity contribution in [2.45, 2.75) is 232 Å². The summed E-state index contributed by atoms with van der Waals surface area (Å²) in [5.41, 5.74) is 0.0973. The molecule has 37 nitrogen and oxygen atoms in total. The molecule has 0 spiro atoms. The number of ether oxygens (including phenoxy) is 12. The number of aliphatic carboxylic acids is 1. The number of benzene rings is 2. The van der Waals surface area contributed by atoms with Crippen LogP contribution in [-0.4, -0.2) is 350 Å². The van der Waals surface area contributed by atoms with Gasteiger partial charge in [0.2, 0.25) is 0 Å². The van der Waals surface area contributed by atoms with Crippen LogP contribution in [0.2, 0.25) is 18.1 Å². The van der Waals surface area contributed by atoms with Crippen molar-refractivity contribution in [1.82, 2.24) is 29.8 Å². The largest absolute Gasteiger partial charge is 1.00 e. The Kier molecular flexibility index (Phi) is 71.4. The summed E-state index contributed by atoms with van der Waals surface area (Å²) in [4.78, 5) is 136. The maximum Gasteiger partial charge on any atom is 1.00 e. The van der Waals surface area contributed by atoms with E-state index in [4.69, 9.17) is 82.4 Å². The summed E-state index contributed by atoms with van der Waals surface area (Å²) in [7, 11) is -0.819. The number of carboxylic acids is 1. The van der Waals surface area contributed by atoms with Gasteiger partial charge in [0.15, 0.2) is 8.32 Å². The van der Waals surface area contributed by atoms with Crippen LogP contribution >= 0.6 is 0 Å². The number of nitrogens with zero attached hydrogens (tertiary/aromatic N) is 5. The van der Waals surface area contributed by atoms with E-state index in [-0.39, 0.29) is 173 Å². The van der Waals surface area contributed by atoms with Gasteiger partial charge in [0.25, 0.3) is 0 Å². The normalized spacial score (nSPS) is 20.2. The number of nitrogens with one attached hydrogen (secondary N) is 1. The summed E-state index contributed by atoms with van der Waals surface area (Å²) in [5, 5.41) is 64.4. The third-order valence-electron chi connectivity index (χ3n) is 21.3. The van der Waals surface area contributed by atoms with E-state index >= 15 is 0 Å². The van der Waals surface area contributed by atoms with Gasteiger partial charge in [-0.05, 0) is 180 Å². The molecule has 0 saturated carbocycles. The Balaban J connectivity index is -0.000000494. The maximum atomic E-state index is 12.2. The minimum Gasteiger partial charge on any atom is -1.00 e. The third kappa shape index (κ3) is 58.4. The van der Waals surface area contributed by atoms with Gasteiger partial charge in [-0.25, -0.2) is 28.8 Å². The van der Waals surface area contributed by atoms with E-state index in [0.29, 0.717) is 98.5 Å². The minimum atomic E-state index is -1.82. The van der Waals surface area contributed by atoms with Crippen molar-refractivity contribution in [1.29, 1.82) is 0 Å². The second-order valence-corrected chi connectivity index (χ2v) is 43.0. The van der Waals surface area contributed by atoms with Crippen molar-refractivity contribution >= 4 is 82.9 Å². The summed E-state index contributed by atoms with van der Waals surface area (Å²) in [5.74, 6) is -5.77. The molecule has 0 unspecified atom stereocenters. The number of carbonyl (C=O) groups is 11. The zero-order chi connectivity index (χ0) is 103. The first-order valence-corrected chi connectivity index (χ1v) is 49.9. The van der Waals surface area contributed by atoms with E-state index in [1.165, 1.54) is 30.6 Å². The Hall–Kier alpha value is -8.01. The van der Waals surface area contributed by atoms with Gasteiger partial charge in [-0.3, -0.25) is 28.9 Å². The molecule has 3 radical (unpaired) electrons. The number of carbonyl (C=O) groups excluding carboxylic acids is 10. The second kappa shape index (κ2) is 72.3. The number of aliphatic hydroxyl groups excluding tert-OH is 6. The molecule has 7 fully saturated rings. The molecule has 9 rings (SSSR count). The zero-order valence-corrected chi connectivity index (χ0v) is 87.8. The number of hydrogen-bond acceptors (Lipinski definition) is 32. The standard InChI is InChI=1S/C17H35NO4Si.C17H23NO4.C15H25NO6.2C11H21NO4.C9H11NO2.C8H12O4.2C4H8O.CH4O.CH4.B.Li.H/c1-16(2,3)22-15(20)18-9-13(11-19)14(10-18)12-21-23(7,8)17(4,5)6;1-3-21-16(19)14-11-18(10-13-8-6-5-7-9-13)12-15(14)17(20)22-4-2;1-6-20-12(17)10-8-16(14(19)22-15(3,4)5)9-11(10)13(18)21-7-2;2*1-11(2,3)16-10(15)12-4-8(6-13)9(5-12)7-14;11-9(12)7-10-6-8-4-2-1-3-5-8;1-3-11-7(9)5-6-8(10)12-4-2;2*1-2-4-5-3-1;1-2;;;;/h13-14,19H,9-12H2,1-8H3;5-9,14-15H,3-4,10-12H2,1-2H3;10-11H,6-9H2,1-5H3;2*8-9,13-14H,4-7H2,1-3H3;1-5,10H,6-7H2,(H,11,12);5-6H,3-4H2,1-2H3;2*1-4H2;2H,1H3;1H4;;;/q;;;;;;;;;;;;+1;-1/b;;;;;;6-5+;;;;;;;/t13-,14-;14-,15-;10-,11-;2*8-,9-;;;;;;;;;/m01110........./s1. The molecule has 4 amide bonds. The van der Waals surface area contributed by atoms with E-state index in [0.717, 1.165) is 56.8 Å². The first-order chi connectivity index (χ1) is 63.3. The third-order valence-corrected chi connectivity index (χ3v) is 25.8. The summed E-state index contributed by atoms with van der Waals surface area (Å²) >= 11 is 0. The molecule has 7 heterocycles. The predicted octanol–water partition coefficient (Wildman–Crippen LogP) is 7.95. The van der Waals surface area contributed by atoms with Gasteiger partial charge in [0.1, 0.15) is 22.4 Å². The fraction of sp³-hybridized carbons (Fsp3) is 0.745. The van der Waals surface area contributed by atoms with Gasteiger partial charge in [0, 0.05) is 208 Å². The Morgan fingerprint density at radius 2 is 0.659 bits per heavy atom. The Bertz CT molecular complexity index is 3560. The van der Waals surface area contributed by atoms with Gasteiger partial charge in [0.05, 0.1) is 69.9 Å². The zero-order valence-electron chi connectivity index (χ0n) is 87.8. The predicted molar refractivity (Wildman–Crippen MR) is 523 cm³/mol. The van der Waals surface area contributed by atoms with Crippen molar-refractivity contribution in [3.8, 4) is 0 Å². The van der Waals surface area contributed by atoms with E-state index in [1.54, 1.807) is 77.0 Å². The molecule has 10 atom stereocenters. The number of aliphatic hydroxyl groups is 6. The Morgan fingerprint density at radius 3 is 0.899 bits per heavy atom. The van der Waals surface area contributed by atoms with Crippen LogP contribution in [0.25, 0.3) is 0 Å². The molecule has 0 aromatic heterocycles. The van der Waals surface area contributed by atoms with Crippen LogP contribution in [0.3, 0.4) is 0 Å². The van der Waals surface area contributed by atoms with Crippen molar-refractivity contribution in [2.75, 3.05) is 185 Å². The molecule has 2 aromatic rings. The van der Waals surface area contributed by atoms with Gasteiger partial charge < -0.3 is 123 Å². The smallest absolute Gasteiger partial charge is 1.00 e. The van der Waals surface area contributed by atoms with Crippen molar-refractivity contribution in [3.05, 3.63) is 83.9 Å². The summed E-state index contributed by atoms with van der Waals surface area (Å²) in [6.07, 6.45) is 5.60. The van der Waals surface area contributed by atoms with E-state index in [1.807, 2.05) is 123 Å². The quantitative estimate of drug-likeness (QED) is 0.0191. The van der Waals surface area contributed by atoms with Gasteiger partial charge in [-0.2, -0.15) is 0 Å². The molecule has 789 valence electrons. The molecule has 7 aliphatic rings. The van der Waals surface area contributed by atoms with Crippen LogP contribution in [0.1, 0.15) is 191 Å². The van der Waals surface area contributed by atoms with Crippen LogP contribution < -0.4 is 24.2 Å². The van der Waals surface area contributed by atoms with Crippen LogP contribution in [-0.2, 0) is 108 Å². The van der Waals surface area contributed by atoms with Crippen molar-refractivity contribution < 1.29 is 170 Å². The van der Waals surface area contributed by atoms with Gasteiger partial charge >= 0.3 is 85.0 Å². The molecular weight excluding hydrogens is 1800 g/mol. The first-order valence-electron chi connectivity index (χ1n) is 47.0. The number of esters is 6. The summed E-state index contributed by atoms with van der Waals surface area (Å²) in [6, 6.07) is 19.7. The molecular formula is C98H173BLiN6O31Si. The average molecular weight is 1980 g/mol. The molecule has 7 aliphatic heterocycles. The van der Waals surface area contributed by atoms with Crippen LogP contribution in [0, 0.1) is 59.2 Å². The fourth-order valence-electron chi connectivity index (χ4n) is 13.5. The number of rotatable bonds is 26. The molecule has 0 bridgehead atoms. The van der Waals surface area contributed by atoms with Crippen LogP contribution in [0.15, 0.2) is 72.8 Å². The Labute approximate surface area is 838 Å². The molecule has 8 N–H and O–H groups in total. The fourth-order valence-corrected chi connectivity index (χ4v) is 14.6. The first kappa shape index (κ1) is 136. The molecule has 7 saturated heterocycles. The number of amides is 4. The molecule has 138 heavy (non-hydrogen) atoms. The van der Waals surface area contributed by atoms with Crippen molar-refractivity contribution in [2.24, 2.45) is 59.2 Å². The average Bonchev–Trinajstić information content (AvgIpc) is 1.68.